The normalized spacial score (nSPS) is 12.2. The number of nitrogens with two attached hydrogens (primary N) is 1. The smallest absolute Gasteiger partial charge is 0.261 e. The van der Waals surface area contributed by atoms with Crippen molar-refractivity contribution in [1.29, 1.82) is 5.41 Å². The Morgan fingerprint density at radius 2 is 2.11 bits per heavy atom. The average Bonchev–Trinajstić information content (AvgIpc) is 2.37. The molecule has 90 valence electrons. The van der Waals surface area contributed by atoms with Gasteiger partial charge in [-0.3, -0.25) is 15.2 Å². The van der Waals surface area contributed by atoms with Crippen molar-refractivity contribution in [3.05, 3.63) is 51.8 Å². The highest BCUT2D eigenvalue weighted by Gasteiger charge is 2.19. The summed E-state index contributed by atoms with van der Waals surface area (Å²) < 4.78 is 5.50. The third-order valence-corrected chi connectivity index (χ3v) is 2.97. The molecule has 0 amide bonds. The quantitative estimate of drug-likeness (QED) is 0.517. The van der Waals surface area contributed by atoms with Gasteiger partial charge in [0.1, 0.15) is 12.4 Å². The highest BCUT2D eigenvalue weighted by atomic mass is 16.5. The molecule has 0 unspecified atom stereocenters. The highest BCUT2D eigenvalue weighted by Crippen LogP contribution is 2.35. The topological polar surface area (TPSA) is 92.0 Å². The fraction of sp³-hybridized carbons (Fsp3) is 0.0769. The number of H-pyrrole nitrogens is 1. The van der Waals surface area contributed by atoms with Crippen LogP contribution in [0.2, 0.25) is 0 Å². The molecule has 2 aromatic rings. The Balaban J connectivity index is 2.30. The van der Waals surface area contributed by atoms with Crippen LogP contribution in [0.1, 0.15) is 11.1 Å². The minimum Gasteiger partial charge on any atom is -0.474 e. The Hall–Kier alpha value is -2.56. The van der Waals surface area contributed by atoms with Gasteiger partial charge in [-0.25, -0.2) is 0 Å². The lowest BCUT2D eigenvalue weighted by Crippen LogP contribution is -2.25. The van der Waals surface area contributed by atoms with Crippen LogP contribution >= 0.6 is 0 Å². The van der Waals surface area contributed by atoms with E-state index in [4.69, 9.17) is 15.9 Å². The molecule has 5 nitrogen and oxygen atoms in total. The van der Waals surface area contributed by atoms with Gasteiger partial charge in [0.05, 0.1) is 5.56 Å². The molecule has 0 saturated heterocycles. The maximum Gasteiger partial charge on any atom is 0.261 e. The maximum atomic E-state index is 11.7. The molecule has 1 aromatic carbocycles. The van der Waals surface area contributed by atoms with Crippen LogP contribution in [0.5, 0.6) is 5.88 Å². The van der Waals surface area contributed by atoms with Gasteiger partial charge in [0.15, 0.2) is 0 Å². The molecule has 0 aliphatic carbocycles. The number of fused-ring (bicyclic) bond motifs is 3. The molecule has 1 aromatic heterocycles. The number of nitrogen functional groups attached to an aromatic ring is 1. The monoisotopic (exact) mass is 241 g/mol. The van der Waals surface area contributed by atoms with Crippen molar-refractivity contribution < 1.29 is 4.74 Å². The number of amidine groups is 1. The summed E-state index contributed by atoms with van der Waals surface area (Å²) >= 11 is 0. The molecule has 0 spiro atoms. The molecule has 1 aliphatic rings. The second-order valence-electron chi connectivity index (χ2n) is 4.11. The van der Waals surface area contributed by atoms with Gasteiger partial charge < -0.3 is 10.5 Å². The molecule has 18 heavy (non-hydrogen) atoms. The van der Waals surface area contributed by atoms with Crippen molar-refractivity contribution >= 4 is 5.84 Å². The third-order valence-electron chi connectivity index (χ3n) is 2.97. The van der Waals surface area contributed by atoms with Crippen molar-refractivity contribution in [1.82, 2.24) is 4.98 Å². The summed E-state index contributed by atoms with van der Waals surface area (Å²) in [5, 5.41) is 7.39. The van der Waals surface area contributed by atoms with Crippen LogP contribution in [-0.2, 0) is 6.61 Å². The van der Waals surface area contributed by atoms with Gasteiger partial charge in [0.25, 0.3) is 5.56 Å². The summed E-state index contributed by atoms with van der Waals surface area (Å²) in [5.41, 5.74) is 7.96. The summed E-state index contributed by atoms with van der Waals surface area (Å²) in [5.74, 6) is 0.186. The predicted molar refractivity (Wildman–Crippen MR) is 67.8 cm³/mol. The molecule has 0 atom stereocenters. The zero-order valence-corrected chi connectivity index (χ0v) is 9.49. The minimum atomic E-state index is -0.402. The van der Waals surface area contributed by atoms with Crippen LogP contribution < -0.4 is 16.0 Å². The van der Waals surface area contributed by atoms with E-state index in [0.29, 0.717) is 12.5 Å². The fourth-order valence-corrected chi connectivity index (χ4v) is 2.09. The third kappa shape index (κ3) is 1.48. The van der Waals surface area contributed by atoms with Crippen LogP contribution in [0.25, 0.3) is 11.1 Å². The van der Waals surface area contributed by atoms with Crippen LogP contribution in [0.15, 0.2) is 35.1 Å². The Labute approximate surface area is 103 Å². The zero-order chi connectivity index (χ0) is 12.7. The summed E-state index contributed by atoms with van der Waals surface area (Å²) in [6, 6.07) is 9.39. The van der Waals surface area contributed by atoms with E-state index in [0.717, 1.165) is 16.7 Å². The van der Waals surface area contributed by atoms with Crippen molar-refractivity contribution in [2.24, 2.45) is 5.73 Å². The number of hydrogen-bond donors (Lipinski definition) is 3. The van der Waals surface area contributed by atoms with Crippen molar-refractivity contribution in [3.8, 4) is 17.0 Å². The lowest BCUT2D eigenvalue weighted by Gasteiger charge is -2.20. The van der Waals surface area contributed by atoms with Gasteiger partial charge in [-0.1, -0.05) is 24.3 Å². The molecular formula is C13H11N3O2. The second kappa shape index (κ2) is 3.73. The number of aromatic nitrogens is 1. The first-order valence-corrected chi connectivity index (χ1v) is 5.49. The van der Waals surface area contributed by atoms with E-state index in [1.54, 1.807) is 6.07 Å². The van der Waals surface area contributed by atoms with Crippen LogP contribution in [0.3, 0.4) is 0 Å². The zero-order valence-electron chi connectivity index (χ0n) is 9.49. The molecule has 3 rings (SSSR count). The minimum absolute atomic E-state index is 0.161. The van der Waals surface area contributed by atoms with Crippen LogP contribution in [0.4, 0.5) is 0 Å². The number of ether oxygens (including phenoxy) is 1. The average molecular weight is 241 g/mol. The Bertz CT molecular complexity index is 704. The molecular weight excluding hydrogens is 230 g/mol. The standard InChI is InChI=1S/C13H11N3O2/c14-11(15)10-5-9-8-4-2-1-3-7(8)6-18-13(9)16-12(10)17/h1-5H,6H2,(H3,14,15)(H,16,17). The molecule has 5 heteroatoms. The second-order valence-corrected chi connectivity index (χ2v) is 4.11. The van der Waals surface area contributed by atoms with Crippen LogP contribution in [0, 0.1) is 5.41 Å². The largest absolute Gasteiger partial charge is 0.474 e. The van der Waals surface area contributed by atoms with E-state index in [1.165, 1.54) is 0 Å². The SMILES string of the molecule is N=C(N)c1cc2c([nH]c1=O)OCc1ccccc1-2. The summed E-state index contributed by atoms with van der Waals surface area (Å²) in [6.45, 7) is 0.429. The number of pyridine rings is 1. The first kappa shape index (κ1) is 10.6. The molecule has 0 fully saturated rings. The number of nitrogens with one attached hydrogen (secondary N) is 2. The summed E-state index contributed by atoms with van der Waals surface area (Å²) in [4.78, 5) is 14.3. The van der Waals surface area contributed by atoms with Crippen molar-refractivity contribution in [2.75, 3.05) is 0 Å². The molecule has 1 aliphatic heterocycles. The molecule has 0 bridgehead atoms. The lowest BCUT2D eigenvalue weighted by atomic mass is 9.98. The number of benzene rings is 1. The van der Waals surface area contributed by atoms with E-state index in [1.807, 2.05) is 24.3 Å². The highest BCUT2D eigenvalue weighted by molar-refractivity contribution is 5.96. The van der Waals surface area contributed by atoms with Gasteiger partial charge in [0.2, 0.25) is 5.88 Å². The van der Waals surface area contributed by atoms with Crippen LogP contribution in [-0.4, -0.2) is 10.8 Å². The summed E-state index contributed by atoms with van der Waals surface area (Å²) in [7, 11) is 0. The van der Waals surface area contributed by atoms with E-state index in [2.05, 4.69) is 4.98 Å². The maximum absolute atomic E-state index is 11.7. The van der Waals surface area contributed by atoms with E-state index in [-0.39, 0.29) is 11.4 Å². The van der Waals surface area contributed by atoms with Crippen molar-refractivity contribution in [3.63, 3.8) is 0 Å². The van der Waals surface area contributed by atoms with Gasteiger partial charge >= 0.3 is 0 Å². The predicted octanol–water partition coefficient (Wildman–Crippen LogP) is 1.22. The number of hydrogen-bond acceptors (Lipinski definition) is 3. The fourth-order valence-electron chi connectivity index (χ4n) is 2.09. The first-order valence-electron chi connectivity index (χ1n) is 5.49. The summed E-state index contributed by atoms with van der Waals surface area (Å²) in [6.07, 6.45) is 0. The van der Waals surface area contributed by atoms with Gasteiger partial charge in [-0.2, -0.15) is 0 Å². The Morgan fingerprint density at radius 3 is 2.89 bits per heavy atom. The molecule has 0 saturated carbocycles. The van der Waals surface area contributed by atoms with E-state index in [9.17, 15) is 4.79 Å². The lowest BCUT2D eigenvalue weighted by molar-refractivity contribution is 0.289. The van der Waals surface area contributed by atoms with Gasteiger partial charge in [0, 0.05) is 5.56 Å². The number of aromatic amines is 1. The molecule has 2 heterocycles. The van der Waals surface area contributed by atoms with Gasteiger partial charge in [-0.15, -0.1) is 0 Å². The molecule has 4 N–H and O–H groups in total. The first-order chi connectivity index (χ1) is 8.66. The van der Waals surface area contributed by atoms with E-state index < -0.39 is 5.56 Å². The van der Waals surface area contributed by atoms with E-state index >= 15 is 0 Å². The number of rotatable bonds is 1. The Kier molecular flexibility index (Phi) is 2.19. The Morgan fingerprint density at radius 1 is 1.33 bits per heavy atom. The molecule has 0 radical (unpaired) electrons. The van der Waals surface area contributed by atoms with Crippen molar-refractivity contribution in [2.45, 2.75) is 6.61 Å². The van der Waals surface area contributed by atoms with Gasteiger partial charge in [-0.05, 0) is 17.2 Å².